The SMILES string of the molecule is CN(CCNC(C)(C)C)Cc1ccc(C(F)(F)F)cc1. The van der Waals surface area contributed by atoms with E-state index in [2.05, 4.69) is 31.0 Å². The summed E-state index contributed by atoms with van der Waals surface area (Å²) in [6, 6.07) is 5.35. The molecule has 1 aromatic carbocycles. The van der Waals surface area contributed by atoms with Gasteiger partial charge in [0.25, 0.3) is 0 Å². The number of hydrogen-bond donors (Lipinski definition) is 1. The Morgan fingerprint density at radius 2 is 1.60 bits per heavy atom. The van der Waals surface area contributed by atoms with Crippen LogP contribution < -0.4 is 5.32 Å². The number of halogens is 3. The second-order valence-corrected chi connectivity index (χ2v) is 6.11. The Morgan fingerprint density at radius 3 is 2.05 bits per heavy atom. The van der Waals surface area contributed by atoms with Crippen LogP contribution in [0.25, 0.3) is 0 Å². The standard InChI is InChI=1S/C15H23F3N2/c1-14(2,3)19-9-10-20(4)11-12-5-7-13(8-6-12)15(16,17)18/h5-8,19H,9-11H2,1-4H3. The van der Waals surface area contributed by atoms with E-state index in [1.807, 2.05) is 7.05 Å². The van der Waals surface area contributed by atoms with Gasteiger partial charge < -0.3 is 10.2 Å². The fourth-order valence-corrected chi connectivity index (χ4v) is 1.81. The predicted octanol–water partition coefficient (Wildman–Crippen LogP) is 3.53. The zero-order valence-corrected chi connectivity index (χ0v) is 12.5. The second-order valence-electron chi connectivity index (χ2n) is 6.11. The average Bonchev–Trinajstić information content (AvgIpc) is 2.26. The lowest BCUT2D eigenvalue weighted by molar-refractivity contribution is -0.137. The molecule has 0 aliphatic carbocycles. The minimum absolute atomic E-state index is 0.0786. The van der Waals surface area contributed by atoms with Crippen molar-refractivity contribution in [1.29, 1.82) is 0 Å². The molecule has 0 bridgehead atoms. The van der Waals surface area contributed by atoms with Gasteiger partial charge in [0.05, 0.1) is 5.56 Å². The number of alkyl halides is 3. The lowest BCUT2D eigenvalue weighted by Crippen LogP contribution is -2.40. The molecule has 0 atom stereocenters. The monoisotopic (exact) mass is 288 g/mol. The maximum Gasteiger partial charge on any atom is 0.416 e. The molecular weight excluding hydrogens is 265 g/mol. The number of likely N-dealkylation sites (N-methyl/N-ethyl adjacent to an activating group) is 1. The van der Waals surface area contributed by atoms with Gasteiger partial charge in [0, 0.05) is 25.2 Å². The maximum atomic E-state index is 12.4. The maximum absolute atomic E-state index is 12.4. The first-order valence-electron chi connectivity index (χ1n) is 6.68. The van der Waals surface area contributed by atoms with Gasteiger partial charge in [-0.2, -0.15) is 13.2 Å². The Balaban J connectivity index is 2.44. The van der Waals surface area contributed by atoms with Crippen LogP contribution in [0.3, 0.4) is 0 Å². The van der Waals surface area contributed by atoms with Crippen LogP contribution >= 0.6 is 0 Å². The van der Waals surface area contributed by atoms with Crippen molar-refractivity contribution in [1.82, 2.24) is 10.2 Å². The van der Waals surface area contributed by atoms with E-state index >= 15 is 0 Å². The zero-order valence-electron chi connectivity index (χ0n) is 12.5. The number of hydrogen-bond acceptors (Lipinski definition) is 2. The highest BCUT2D eigenvalue weighted by Crippen LogP contribution is 2.29. The fourth-order valence-electron chi connectivity index (χ4n) is 1.81. The molecule has 0 radical (unpaired) electrons. The van der Waals surface area contributed by atoms with Crippen molar-refractivity contribution in [3.05, 3.63) is 35.4 Å². The Hall–Kier alpha value is -1.07. The van der Waals surface area contributed by atoms with E-state index in [-0.39, 0.29) is 5.54 Å². The lowest BCUT2D eigenvalue weighted by Gasteiger charge is -2.23. The summed E-state index contributed by atoms with van der Waals surface area (Å²) in [5.74, 6) is 0. The first-order chi connectivity index (χ1) is 9.08. The van der Waals surface area contributed by atoms with Crippen LogP contribution in [-0.4, -0.2) is 30.6 Å². The van der Waals surface area contributed by atoms with Gasteiger partial charge in [-0.15, -0.1) is 0 Å². The normalized spacial score (nSPS) is 13.0. The van der Waals surface area contributed by atoms with E-state index in [1.165, 1.54) is 12.1 Å². The summed E-state index contributed by atoms with van der Waals surface area (Å²) in [7, 11) is 1.96. The van der Waals surface area contributed by atoms with Crippen LogP contribution in [0, 0.1) is 0 Å². The smallest absolute Gasteiger partial charge is 0.311 e. The highest BCUT2D eigenvalue weighted by molar-refractivity contribution is 5.24. The molecule has 20 heavy (non-hydrogen) atoms. The lowest BCUT2D eigenvalue weighted by atomic mass is 10.1. The summed E-state index contributed by atoms with van der Waals surface area (Å²) in [4.78, 5) is 2.08. The molecule has 0 fully saturated rings. The summed E-state index contributed by atoms with van der Waals surface area (Å²) in [6.45, 7) is 8.64. The molecule has 114 valence electrons. The van der Waals surface area contributed by atoms with Crippen molar-refractivity contribution >= 4 is 0 Å². The third-order valence-electron chi connectivity index (χ3n) is 2.88. The number of benzene rings is 1. The molecule has 0 saturated carbocycles. The van der Waals surface area contributed by atoms with E-state index in [0.717, 1.165) is 30.8 Å². The van der Waals surface area contributed by atoms with E-state index in [4.69, 9.17) is 0 Å². The van der Waals surface area contributed by atoms with Crippen molar-refractivity contribution in [2.45, 2.75) is 39.0 Å². The molecule has 5 heteroatoms. The summed E-state index contributed by atoms with van der Waals surface area (Å²) in [5, 5.41) is 3.38. The summed E-state index contributed by atoms with van der Waals surface area (Å²) >= 11 is 0. The molecule has 0 spiro atoms. The first kappa shape index (κ1) is 17.0. The van der Waals surface area contributed by atoms with E-state index in [9.17, 15) is 13.2 Å². The van der Waals surface area contributed by atoms with Crippen LogP contribution in [0.5, 0.6) is 0 Å². The van der Waals surface area contributed by atoms with Crippen LogP contribution in [0.4, 0.5) is 13.2 Å². The van der Waals surface area contributed by atoms with Crippen LogP contribution in [0.15, 0.2) is 24.3 Å². The largest absolute Gasteiger partial charge is 0.416 e. The Kier molecular flexibility index (Phi) is 5.59. The molecule has 0 aliphatic rings. The van der Waals surface area contributed by atoms with Crippen molar-refractivity contribution in [2.24, 2.45) is 0 Å². The number of nitrogens with zero attached hydrogens (tertiary/aromatic N) is 1. The van der Waals surface area contributed by atoms with Crippen LogP contribution in [-0.2, 0) is 12.7 Å². The fraction of sp³-hybridized carbons (Fsp3) is 0.600. The van der Waals surface area contributed by atoms with Crippen LogP contribution in [0.1, 0.15) is 31.9 Å². The van der Waals surface area contributed by atoms with Crippen LogP contribution in [0.2, 0.25) is 0 Å². The molecule has 0 saturated heterocycles. The van der Waals surface area contributed by atoms with Gasteiger partial charge in [-0.25, -0.2) is 0 Å². The molecule has 1 aromatic rings. The van der Waals surface area contributed by atoms with Gasteiger partial charge in [0.1, 0.15) is 0 Å². The van der Waals surface area contributed by atoms with Crippen molar-refractivity contribution in [3.63, 3.8) is 0 Å². The van der Waals surface area contributed by atoms with E-state index < -0.39 is 11.7 Å². The van der Waals surface area contributed by atoms with E-state index in [0.29, 0.717) is 6.54 Å². The molecule has 2 nitrogen and oxygen atoms in total. The van der Waals surface area contributed by atoms with Crippen molar-refractivity contribution in [2.75, 3.05) is 20.1 Å². The van der Waals surface area contributed by atoms with Gasteiger partial charge in [0.15, 0.2) is 0 Å². The molecule has 0 aliphatic heterocycles. The third kappa shape index (κ3) is 6.39. The summed E-state index contributed by atoms with van der Waals surface area (Å²) in [6.07, 6.45) is -4.26. The minimum atomic E-state index is -4.26. The van der Waals surface area contributed by atoms with Gasteiger partial charge in [-0.05, 0) is 45.5 Å². The second kappa shape index (κ2) is 6.59. The Bertz CT molecular complexity index is 405. The average molecular weight is 288 g/mol. The third-order valence-corrected chi connectivity index (χ3v) is 2.88. The minimum Gasteiger partial charge on any atom is -0.311 e. The number of nitrogens with one attached hydrogen (secondary N) is 1. The van der Waals surface area contributed by atoms with Gasteiger partial charge in [-0.3, -0.25) is 0 Å². The summed E-state index contributed by atoms with van der Waals surface area (Å²) < 4.78 is 37.3. The molecule has 0 aromatic heterocycles. The van der Waals surface area contributed by atoms with Crippen molar-refractivity contribution < 1.29 is 13.2 Å². The molecular formula is C15H23F3N2. The number of rotatable bonds is 5. The highest BCUT2D eigenvalue weighted by atomic mass is 19.4. The van der Waals surface area contributed by atoms with E-state index in [1.54, 1.807) is 0 Å². The molecule has 1 rings (SSSR count). The molecule has 1 N–H and O–H groups in total. The summed E-state index contributed by atoms with van der Waals surface area (Å²) in [5.41, 5.74) is 0.365. The Labute approximate surface area is 119 Å². The predicted molar refractivity (Wildman–Crippen MR) is 75.5 cm³/mol. The van der Waals surface area contributed by atoms with Gasteiger partial charge in [-0.1, -0.05) is 12.1 Å². The molecule has 0 amide bonds. The quantitative estimate of drug-likeness (QED) is 0.891. The zero-order chi connectivity index (χ0) is 15.4. The molecule has 0 unspecified atom stereocenters. The van der Waals surface area contributed by atoms with Crippen molar-refractivity contribution in [3.8, 4) is 0 Å². The van der Waals surface area contributed by atoms with Gasteiger partial charge in [0.2, 0.25) is 0 Å². The highest BCUT2D eigenvalue weighted by Gasteiger charge is 2.29. The first-order valence-corrected chi connectivity index (χ1v) is 6.68. The van der Waals surface area contributed by atoms with Gasteiger partial charge >= 0.3 is 6.18 Å². The Morgan fingerprint density at radius 1 is 1.05 bits per heavy atom. The molecule has 0 heterocycles. The topological polar surface area (TPSA) is 15.3 Å².